The molecule has 2 aliphatic heterocycles. The van der Waals surface area contributed by atoms with E-state index in [4.69, 9.17) is 0 Å². The number of dihydropyridines is 1. The Hall–Kier alpha value is -2.24. The van der Waals surface area contributed by atoms with Crippen molar-refractivity contribution in [3.63, 3.8) is 0 Å². The van der Waals surface area contributed by atoms with E-state index in [9.17, 15) is 4.79 Å². The van der Waals surface area contributed by atoms with Crippen molar-refractivity contribution in [1.82, 2.24) is 15.1 Å². The van der Waals surface area contributed by atoms with Gasteiger partial charge in [-0.25, -0.2) is 0 Å². The molecule has 5 rings (SSSR count). The van der Waals surface area contributed by atoms with E-state index in [1.807, 2.05) is 17.9 Å². The molecule has 0 radical (unpaired) electrons. The fourth-order valence-electron chi connectivity index (χ4n) is 5.71. The summed E-state index contributed by atoms with van der Waals surface area (Å²) in [6.45, 7) is 5.00. The normalized spacial score (nSPS) is 32.0. The number of nitrogens with zero attached hydrogens (tertiary/aromatic N) is 4. The summed E-state index contributed by atoms with van der Waals surface area (Å²) in [5.74, 6) is 1.77. The zero-order valence-corrected chi connectivity index (χ0v) is 16.4. The molecule has 2 aliphatic carbocycles. The standard InChI is InChI=1S/C21H27N5O/c1-20(2)8-16-18(17(27)9-20)21(15-11-22-25-19(15)24-16)6-4-13(5-7-21)14-10-23-26(3)12-14/h10,12-13,24H,4-9,11H2,1-3H3. The van der Waals surface area contributed by atoms with Crippen LogP contribution < -0.4 is 5.32 Å². The molecule has 0 aromatic carbocycles. The highest BCUT2D eigenvalue weighted by Crippen LogP contribution is 2.58. The third kappa shape index (κ3) is 2.52. The van der Waals surface area contributed by atoms with Crippen LogP contribution in [0.15, 0.2) is 45.3 Å². The second kappa shape index (κ2) is 5.63. The Labute approximate surface area is 159 Å². The molecule has 0 bridgehead atoms. The summed E-state index contributed by atoms with van der Waals surface area (Å²) < 4.78 is 1.88. The number of allylic oxidation sites excluding steroid dienone is 2. The van der Waals surface area contributed by atoms with Gasteiger partial charge < -0.3 is 5.32 Å². The van der Waals surface area contributed by atoms with Gasteiger partial charge in [0.15, 0.2) is 11.6 Å². The summed E-state index contributed by atoms with van der Waals surface area (Å²) in [7, 11) is 1.97. The van der Waals surface area contributed by atoms with Crippen LogP contribution in [-0.2, 0) is 11.8 Å². The molecule has 4 aliphatic rings. The highest BCUT2D eigenvalue weighted by Gasteiger charge is 2.52. The van der Waals surface area contributed by atoms with E-state index >= 15 is 0 Å². The SMILES string of the molecule is Cn1cc(C2CCC3(CC2)C2=C(N=NC2)NC2=C3C(=O)CC(C)(C)C2)cn1. The second-order valence-electron chi connectivity index (χ2n) is 9.45. The molecular weight excluding hydrogens is 338 g/mol. The van der Waals surface area contributed by atoms with Gasteiger partial charge >= 0.3 is 0 Å². The minimum absolute atomic E-state index is 0.00479. The largest absolute Gasteiger partial charge is 0.342 e. The van der Waals surface area contributed by atoms with Crippen molar-refractivity contribution in [3.8, 4) is 0 Å². The molecule has 27 heavy (non-hydrogen) atoms. The molecule has 0 saturated heterocycles. The van der Waals surface area contributed by atoms with Crippen LogP contribution in [0.3, 0.4) is 0 Å². The minimum atomic E-state index is -0.161. The molecule has 1 aromatic heterocycles. The summed E-state index contributed by atoms with van der Waals surface area (Å²) >= 11 is 0. The smallest absolute Gasteiger partial charge is 0.162 e. The maximum Gasteiger partial charge on any atom is 0.162 e. The maximum absolute atomic E-state index is 13.3. The molecule has 1 N–H and O–H groups in total. The summed E-state index contributed by atoms with van der Waals surface area (Å²) in [6.07, 6.45) is 9.84. The van der Waals surface area contributed by atoms with E-state index in [0.717, 1.165) is 49.2 Å². The molecule has 3 heterocycles. The highest BCUT2D eigenvalue weighted by molar-refractivity contribution is 6.00. The summed E-state index contributed by atoms with van der Waals surface area (Å²) in [4.78, 5) is 13.3. The molecule has 0 atom stereocenters. The van der Waals surface area contributed by atoms with Crippen LogP contribution in [0.4, 0.5) is 0 Å². The van der Waals surface area contributed by atoms with Crippen molar-refractivity contribution in [2.75, 3.05) is 6.54 Å². The van der Waals surface area contributed by atoms with Crippen LogP contribution >= 0.6 is 0 Å². The van der Waals surface area contributed by atoms with Crippen LogP contribution in [0, 0.1) is 10.8 Å². The Bertz CT molecular complexity index is 909. The van der Waals surface area contributed by atoms with Crippen LogP contribution in [0.1, 0.15) is 63.9 Å². The van der Waals surface area contributed by atoms with E-state index in [0.29, 0.717) is 24.7 Å². The molecule has 0 amide bonds. The lowest BCUT2D eigenvalue weighted by Gasteiger charge is -2.48. The van der Waals surface area contributed by atoms with Gasteiger partial charge in [0.25, 0.3) is 0 Å². The molecule has 1 fully saturated rings. The topological polar surface area (TPSA) is 71.6 Å². The van der Waals surface area contributed by atoms with Crippen molar-refractivity contribution in [2.24, 2.45) is 28.1 Å². The Morgan fingerprint density at radius 2 is 2.00 bits per heavy atom. The molecular formula is C21H27N5O. The molecule has 0 unspecified atom stereocenters. The first kappa shape index (κ1) is 16.9. The van der Waals surface area contributed by atoms with E-state index in [1.54, 1.807) is 0 Å². The minimum Gasteiger partial charge on any atom is -0.342 e. The zero-order valence-electron chi connectivity index (χ0n) is 16.4. The maximum atomic E-state index is 13.3. The molecule has 1 aromatic rings. The van der Waals surface area contributed by atoms with Crippen LogP contribution in [0.2, 0.25) is 0 Å². The molecule has 6 nitrogen and oxygen atoms in total. The number of fused-ring (bicyclic) bond motifs is 2. The first-order chi connectivity index (χ1) is 12.9. The van der Waals surface area contributed by atoms with Gasteiger partial charge in [-0.15, -0.1) is 5.11 Å². The van der Waals surface area contributed by atoms with Gasteiger partial charge in [0.1, 0.15) is 0 Å². The predicted molar refractivity (Wildman–Crippen MR) is 102 cm³/mol. The summed E-state index contributed by atoms with van der Waals surface area (Å²) in [5, 5.41) is 16.5. The van der Waals surface area contributed by atoms with E-state index in [1.165, 1.54) is 11.1 Å². The first-order valence-corrected chi connectivity index (χ1v) is 10.0. The second-order valence-corrected chi connectivity index (χ2v) is 9.45. The summed E-state index contributed by atoms with van der Waals surface area (Å²) in [5.41, 5.74) is 4.57. The third-order valence-corrected chi connectivity index (χ3v) is 6.92. The van der Waals surface area contributed by atoms with E-state index < -0.39 is 0 Å². The van der Waals surface area contributed by atoms with Crippen molar-refractivity contribution in [2.45, 2.75) is 58.3 Å². The van der Waals surface area contributed by atoms with Gasteiger partial charge in [0.2, 0.25) is 0 Å². The van der Waals surface area contributed by atoms with Crippen LogP contribution in [0.5, 0.6) is 0 Å². The number of nitrogens with one attached hydrogen (secondary N) is 1. The number of hydrogen-bond donors (Lipinski definition) is 1. The number of azo groups is 1. The fraction of sp³-hybridized carbons (Fsp3) is 0.619. The van der Waals surface area contributed by atoms with Gasteiger partial charge in [0.05, 0.1) is 12.7 Å². The number of Topliss-reactive ketones (excluding diaryl/α,β-unsaturated/α-hetero) is 1. The van der Waals surface area contributed by atoms with Gasteiger partial charge in [-0.1, -0.05) is 13.8 Å². The molecule has 142 valence electrons. The van der Waals surface area contributed by atoms with Gasteiger partial charge in [-0.05, 0) is 49.0 Å². The number of ketones is 1. The number of hydrogen-bond acceptors (Lipinski definition) is 5. The average Bonchev–Trinajstić information content (AvgIpc) is 3.23. The lowest BCUT2D eigenvalue weighted by atomic mass is 9.56. The van der Waals surface area contributed by atoms with Gasteiger partial charge in [-0.2, -0.15) is 10.2 Å². The lowest BCUT2D eigenvalue weighted by Crippen LogP contribution is -2.45. The first-order valence-electron chi connectivity index (χ1n) is 10.0. The molecule has 6 heteroatoms. The van der Waals surface area contributed by atoms with Crippen molar-refractivity contribution in [1.29, 1.82) is 0 Å². The number of aromatic nitrogens is 2. The van der Waals surface area contributed by atoms with Gasteiger partial charge in [0, 0.05) is 41.9 Å². The number of rotatable bonds is 1. The zero-order chi connectivity index (χ0) is 18.8. The Morgan fingerprint density at radius 1 is 1.22 bits per heavy atom. The van der Waals surface area contributed by atoms with E-state index in [2.05, 4.69) is 40.7 Å². The Morgan fingerprint density at radius 3 is 2.70 bits per heavy atom. The number of carbonyl (C=O) groups is 1. The third-order valence-electron chi connectivity index (χ3n) is 6.92. The van der Waals surface area contributed by atoms with Crippen molar-refractivity contribution in [3.05, 3.63) is 40.6 Å². The van der Waals surface area contributed by atoms with Crippen molar-refractivity contribution < 1.29 is 4.79 Å². The summed E-state index contributed by atoms with van der Waals surface area (Å²) in [6, 6.07) is 0. The molecule has 1 spiro atoms. The fourth-order valence-corrected chi connectivity index (χ4v) is 5.71. The number of carbonyl (C=O) groups excluding carboxylic acids is 1. The van der Waals surface area contributed by atoms with E-state index in [-0.39, 0.29) is 10.8 Å². The number of aryl methyl sites for hydroxylation is 1. The van der Waals surface area contributed by atoms with Crippen molar-refractivity contribution >= 4 is 5.78 Å². The average molecular weight is 365 g/mol. The predicted octanol–water partition coefficient (Wildman–Crippen LogP) is 3.99. The monoisotopic (exact) mass is 365 g/mol. The quantitative estimate of drug-likeness (QED) is 0.818. The Kier molecular flexibility index (Phi) is 3.52. The van der Waals surface area contributed by atoms with Crippen LogP contribution in [-0.4, -0.2) is 22.1 Å². The van der Waals surface area contributed by atoms with Crippen LogP contribution in [0.25, 0.3) is 0 Å². The van der Waals surface area contributed by atoms with Gasteiger partial charge in [-0.3, -0.25) is 9.48 Å². The highest BCUT2D eigenvalue weighted by atomic mass is 16.1. The lowest BCUT2D eigenvalue weighted by molar-refractivity contribution is -0.119. The molecule has 1 saturated carbocycles. The Balaban J connectivity index is 1.52.